The first-order valence-electron chi connectivity index (χ1n) is 11.1. The number of nitro groups is 1. The summed E-state index contributed by atoms with van der Waals surface area (Å²) in [5, 5.41) is 28.8. The van der Waals surface area contributed by atoms with E-state index in [0.29, 0.717) is 17.7 Å². The van der Waals surface area contributed by atoms with E-state index in [4.69, 9.17) is 14.7 Å². The summed E-state index contributed by atoms with van der Waals surface area (Å²) in [6.45, 7) is -1.02. The number of carboxylic acid groups (broad SMARTS) is 1. The smallest absolute Gasteiger partial charge is 0.355 e. The molecule has 1 saturated heterocycles. The molecule has 0 radical (unpaired) electrons. The lowest BCUT2D eigenvalue weighted by molar-refractivity contribution is -0.384. The zero-order valence-corrected chi connectivity index (χ0v) is 21.7. The maximum absolute atomic E-state index is 13.0. The summed E-state index contributed by atoms with van der Waals surface area (Å²) in [4.78, 5) is 80.3. The number of hydrogen-bond donors (Lipinski definition) is 3. The number of fused-ring (bicyclic) bond motifs is 1. The van der Waals surface area contributed by atoms with Crippen molar-refractivity contribution < 1.29 is 43.6 Å². The maximum atomic E-state index is 13.0. The number of carbonyl (C=O) groups excluding carboxylic acids is 4. The Labute approximate surface area is 232 Å². The van der Waals surface area contributed by atoms with Crippen LogP contribution in [0.5, 0.6) is 0 Å². The average Bonchev–Trinajstić information content (AvgIpc) is 3.40. The SMILES string of the molecule is O=CNc1nc(C(=NOCC(=O)O)C(=O)NC2C(=O)N3C(C(=O)OCc4ccc([N+](=O)[O-])cc4)=CCS[C@@H]23)cs1. The Kier molecular flexibility index (Phi) is 8.70. The van der Waals surface area contributed by atoms with Crippen LogP contribution >= 0.6 is 23.1 Å². The molecule has 1 unspecified atom stereocenters. The van der Waals surface area contributed by atoms with Gasteiger partial charge in [-0.05, 0) is 23.8 Å². The van der Waals surface area contributed by atoms with Gasteiger partial charge in [0.25, 0.3) is 17.5 Å². The minimum Gasteiger partial charge on any atom is -0.479 e. The number of thiazole rings is 1. The number of carbonyl (C=O) groups is 5. The number of carboxylic acids is 1. The van der Waals surface area contributed by atoms with Crippen molar-refractivity contribution in [3.8, 4) is 0 Å². The molecule has 2 aliphatic heterocycles. The Morgan fingerprint density at radius 2 is 2.05 bits per heavy atom. The fourth-order valence-electron chi connectivity index (χ4n) is 3.53. The molecule has 2 aliphatic rings. The molecule has 16 nitrogen and oxygen atoms in total. The number of anilines is 1. The number of β-lactam (4-membered cyclic amide) rings is 1. The number of thioether (sulfide) groups is 1. The molecule has 0 spiro atoms. The number of non-ortho nitro benzene ring substituents is 1. The van der Waals surface area contributed by atoms with Gasteiger partial charge in [0, 0.05) is 23.3 Å². The Morgan fingerprint density at radius 1 is 1.30 bits per heavy atom. The van der Waals surface area contributed by atoms with Gasteiger partial charge in [-0.2, -0.15) is 0 Å². The number of oxime groups is 1. The van der Waals surface area contributed by atoms with Crippen molar-refractivity contribution in [2.45, 2.75) is 18.0 Å². The summed E-state index contributed by atoms with van der Waals surface area (Å²) in [5.74, 6) is -3.30. The van der Waals surface area contributed by atoms with Gasteiger partial charge in [-0.25, -0.2) is 14.6 Å². The van der Waals surface area contributed by atoms with E-state index in [-0.39, 0.29) is 28.8 Å². The number of hydrogen-bond acceptors (Lipinski definition) is 13. The van der Waals surface area contributed by atoms with Crippen LogP contribution in [0.3, 0.4) is 0 Å². The number of esters is 1. The molecule has 4 rings (SSSR count). The third-order valence-corrected chi connectivity index (χ3v) is 7.30. The molecule has 1 aromatic heterocycles. The molecule has 1 fully saturated rings. The Balaban J connectivity index is 1.41. The highest BCUT2D eigenvalue weighted by Gasteiger charge is 2.53. The number of benzene rings is 1. The van der Waals surface area contributed by atoms with Crippen LogP contribution in [-0.4, -0.2) is 79.6 Å². The predicted molar refractivity (Wildman–Crippen MR) is 138 cm³/mol. The average molecular weight is 591 g/mol. The van der Waals surface area contributed by atoms with Crippen molar-refractivity contribution in [2.75, 3.05) is 17.7 Å². The third-order valence-electron chi connectivity index (χ3n) is 5.35. The lowest BCUT2D eigenvalue weighted by atomic mass is 10.0. The second kappa shape index (κ2) is 12.3. The highest BCUT2D eigenvalue weighted by molar-refractivity contribution is 8.00. The molecule has 0 bridgehead atoms. The number of nitrogens with zero attached hydrogens (tertiary/aromatic N) is 4. The zero-order valence-electron chi connectivity index (χ0n) is 20.0. The summed E-state index contributed by atoms with van der Waals surface area (Å²) < 4.78 is 5.28. The van der Waals surface area contributed by atoms with Gasteiger partial charge in [0.1, 0.15) is 29.4 Å². The predicted octanol–water partition coefficient (Wildman–Crippen LogP) is 0.452. The van der Waals surface area contributed by atoms with Crippen molar-refractivity contribution in [2.24, 2.45) is 5.16 Å². The monoisotopic (exact) mass is 590 g/mol. The first-order valence-corrected chi connectivity index (χ1v) is 13.1. The van der Waals surface area contributed by atoms with E-state index in [1.54, 1.807) is 0 Å². The van der Waals surface area contributed by atoms with Gasteiger partial charge in [0.2, 0.25) is 13.0 Å². The van der Waals surface area contributed by atoms with E-state index in [1.807, 2.05) is 0 Å². The number of aromatic nitrogens is 1. The van der Waals surface area contributed by atoms with Gasteiger partial charge in [0.05, 0.1) is 4.92 Å². The molecular weight excluding hydrogens is 572 g/mol. The van der Waals surface area contributed by atoms with Crippen LogP contribution in [0.2, 0.25) is 0 Å². The number of nitro benzene ring substituents is 1. The quantitative estimate of drug-likeness (QED) is 0.0766. The van der Waals surface area contributed by atoms with Gasteiger partial charge in [-0.3, -0.25) is 29.4 Å². The van der Waals surface area contributed by atoms with Gasteiger partial charge in [-0.15, -0.1) is 23.1 Å². The Hall–Kier alpha value is -4.84. The molecular formula is C22H18N6O10S2. The van der Waals surface area contributed by atoms with Crippen molar-refractivity contribution in [3.05, 3.63) is 62.8 Å². The van der Waals surface area contributed by atoms with Crippen LogP contribution in [0, 0.1) is 10.1 Å². The number of aliphatic carboxylic acids is 1. The molecule has 2 aromatic rings. The first-order chi connectivity index (χ1) is 19.2. The minimum atomic E-state index is -1.34. The van der Waals surface area contributed by atoms with E-state index < -0.39 is 52.4 Å². The molecule has 0 saturated carbocycles. The largest absolute Gasteiger partial charge is 0.479 e. The van der Waals surface area contributed by atoms with Crippen LogP contribution in [0.15, 0.2) is 46.6 Å². The topological polar surface area (TPSA) is 220 Å². The highest BCUT2D eigenvalue weighted by Crippen LogP contribution is 2.38. The van der Waals surface area contributed by atoms with Gasteiger partial charge in [-0.1, -0.05) is 5.16 Å². The molecule has 3 heterocycles. The van der Waals surface area contributed by atoms with Crippen LogP contribution in [-0.2, 0) is 40.2 Å². The third kappa shape index (κ3) is 6.24. The van der Waals surface area contributed by atoms with Crippen molar-refractivity contribution in [1.29, 1.82) is 0 Å². The number of amides is 3. The lowest BCUT2D eigenvalue weighted by Gasteiger charge is -2.48. The van der Waals surface area contributed by atoms with Gasteiger partial charge in [0.15, 0.2) is 10.8 Å². The summed E-state index contributed by atoms with van der Waals surface area (Å²) >= 11 is 2.25. The zero-order chi connectivity index (χ0) is 28.8. The Bertz CT molecular complexity index is 1420. The molecule has 3 N–H and O–H groups in total. The standard InChI is InChI=1S/C22H18N6O10S2/c29-10-23-22-24-13(9-40-22)16(26-38-8-15(30)31)18(32)25-17-19(33)27-14(5-6-39-20(17)27)21(34)37-7-11-1-3-12(4-2-11)28(35)36/h1-5,9-10,17,20H,6-8H2,(H,25,32)(H,30,31)(H,23,24,29)/t17?,20-/m0/s1. The van der Waals surface area contributed by atoms with E-state index in [0.717, 1.165) is 11.3 Å². The number of nitrogens with one attached hydrogen (secondary N) is 2. The first kappa shape index (κ1) is 28.2. The van der Waals surface area contributed by atoms with E-state index in [1.165, 1.54) is 52.4 Å². The lowest BCUT2D eigenvalue weighted by Crippen LogP contribution is -2.70. The van der Waals surface area contributed by atoms with E-state index >= 15 is 0 Å². The second-order valence-corrected chi connectivity index (χ2v) is 9.89. The van der Waals surface area contributed by atoms with Gasteiger partial charge < -0.3 is 25.3 Å². The molecule has 18 heteroatoms. The summed E-state index contributed by atoms with van der Waals surface area (Å²) in [6.07, 6.45) is 1.89. The van der Waals surface area contributed by atoms with Crippen molar-refractivity contribution >= 4 is 69.8 Å². The molecule has 2 atom stereocenters. The van der Waals surface area contributed by atoms with E-state index in [9.17, 15) is 34.1 Å². The normalized spacial score (nSPS) is 18.0. The molecule has 40 heavy (non-hydrogen) atoms. The summed E-state index contributed by atoms with van der Waals surface area (Å²) in [5.41, 5.74) is -0.0798. The fraction of sp³-hybridized carbons (Fsp3) is 0.227. The van der Waals surface area contributed by atoms with Crippen LogP contribution in [0.4, 0.5) is 10.8 Å². The molecule has 0 aliphatic carbocycles. The maximum Gasteiger partial charge on any atom is 0.355 e. The van der Waals surface area contributed by atoms with Gasteiger partial charge >= 0.3 is 11.9 Å². The summed E-state index contributed by atoms with van der Waals surface area (Å²) in [7, 11) is 0. The molecule has 3 amide bonds. The van der Waals surface area contributed by atoms with Crippen LogP contribution in [0.1, 0.15) is 11.3 Å². The summed E-state index contributed by atoms with van der Waals surface area (Å²) in [6, 6.07) is 4.38. The van der Waals surface area contributed by atoms with E-state index in [2.05, 4.69) is 20.8 Å². The fourth-order valence-corrected chi connectivity index (χ4v) is 5.38. The van der Waals surface area contributed by atoms with Crippen LogP contribution < -0.4 is 10.6 Å². The molecule has 1 aromatic carbocycles. The number of ether oxygens (including phenoxy) is 1. The van der Waals surface area contributed by atoms with Crippen molar-refractivity contribution in [1.82, 2.24) is 15.2 Å². The minimum absolute atomic E-state index is 0.0103. The van der Waals surface area contributed by atoms with Crippen molar-refractivity contribution in [3.63, 3.8) is 0 Å². The molecule has 208 valence electrons. The Morgan fingerprint density at radius 3 is 2.73 bits per heavy atom. The van der Waals surface area contributed by atoms with Crippen LogP contribution in [0.25, 0.3) is 0 Å². The number of rotatable bonds is 12. The second-order valence-electron chi connectivity index (χ2n) is 7.88. The highest BCUT2D eigenvalue weighted by atomic mass is 32.2.